The van der Waals surface area contributed by atoms with E-state index in [1.807, 2.05) is 0 Å². The van der Waals surface area contributed by atoms with Gasteiger partial charge in [-0.15, -0.1) is 0 Å². The third-order valence-electron chi connectivity index (χ3n) is 4.79. The fraction of sp³-hybridized carbons (Fsp3) is 0.562. The Labute approximate surface area is 148 Å². The highest BCUT2D eigenvalue weighted by molar-refractivity contribution is 5.92. The first kappa shape index (κ1) is 18.4. The first-order valence-electron chi connectivity index (χ1n) is 8.24. The van der Waals surface area contributed by atoms with Crippen LogP contribution in [0.5, 0.6) is 0 Å². The molecule has 1 amide bonds. The van der Waals surface area contributed by atoms with Gasteiger partial charge in [0, 0.05) is 45.6 Å². The number of amides is 1. The number of imidazole rings is 1. The lowest BCUT2D eigenvalue weighted by Gasteiger charge is -2.33. The summed E-state index contributed by atoms with van der Waals surface area (Å²) in [6, 6.07) is 0.775. The van der Waals surface area contributed by atoms with Gasteiger partial charge in [0.05, 0.1) is 0 Å². The van der Waals surface area contributed by atoms with E-state index in [1.54, 1.807) is 24.0 Å². The summed E-state index contributed by atoms with van der Waals surface area (Å²) in [7, 11) is 2.96. The number of likely N-dealkylation sites (tertiary alicyclic amines) is 1. The van der Waals surface area contributed by atoms with Crippen LogP contribution in [0.2, 0.25) is 0 Å². The predicted octanol–water partition coefficient (Wildman–Crippen LogP) is 1.76. The van der Waals surface area contributed by atoms with Gasteiger partial charge in [0.2, 0.25) is 0 Å². The van der Waals surface area contributed by atoms with Crippen LogP contribution in [-0.2, 0) is 20.3 Å². The maximum absolute atomic E-state index is 12.9. The van der Waals surface area contributed by atoms with Gasteiger partial charge in [0.25, 0.3) is 5.91 Å². The molecule has 0 spiro atoms. The van der Waals surface area contributed by atoms with Gasteiger partial charge in [-0.2, -0.15) is 18.3 Å². The monoisotopic (exact) mass is 371 g/mol. The summed E-state index contributed by atoms with van der Waals surface area (Å²) < 4.78 is 41.0. The SMILES string of the molecule is Cn1ccnc1[C@@H](O)C1CCN(C(=O)c2cc(C(F)(F)F)n(C)n2)CC1. The topological polar surface area (TPSA) is 76.2 Å². The number of hydrogen-bond donors (Lipinski definition) is 1. The molecular formula is C16H20F3N5O2. The Morgan fingerprint density at radius 2 is 1.96 bits per heavy atom. The Kier molecular flexibility index (Phi) is 4.78. The number of aromatic nitrogens is 4. The molecule has 2 aromatic rings. The number of aryl methyl sites for hydroxylation is 2. The third kappa shape index (κ3) is 3.46. The minimum Gasteiger partial charge on any atom is -0.385 e. The molecule has 0 unspecified atom stereocenters. The Morgan fingerprint density at radius 3 is 2.46 bits per heavy atom. The fourth-order valence-corrected chi connectivity index (χ4v) is 3.29. The van der Waals surface area contributed by atoms with Crippen LogP contribution in [0, 0.1) is 5.92 Å². The third-order valence-corrected chi connectivity index (χ3v) is 4.79. The summed E-state index contributed by atoms with van der Waals surface area (Å²) in [6.45, 7) is 0.700. The van der Waals surface area contributed by atoms with Crippen molar-refractivity contribution in [2.75, 3.05) is 13.1 Å². The van der Waals surface area contributed by atoms with E-state index in [1.165, 1.54) is 4.90 Å². The van der Waals surface area contributed by atoms with Gasteiger partial charge in [-0.05, 0) is 18.8 Å². The molecule has 142 valence electrons. The Hall–Kier alpha value is -2.36. The van der Waals surface area contributed by atoms with Crippen molar-refractivity contribution in [1.82, 2.24) is 24.2 Å². The van der Waals surface area contributed by atoms with Crippen molar-refractivity contribution in [3.05, 3.63) is 35.7 Å². The van der Waals surface area contributed by atoms with Crippen molar-refractivity contribution < 1.29 is 23.1 Å². The molecule has 1 saturated heterocycles. The Balaban J connectivity index is 1.65. The number of piperidine rings is 1. The van der Waals surface area contributed by atoms with Crippen LogP contribution in [0.25, 0.3) is 0 Å². The van der Waals surface area contributed by atoms with Gasteiger partial charge in [0.1, 0.15) is 17.6 Å². The summed E-state index contributed by atoms with van der Waals surface area (Å²) in [5, 5.41) is 14.2. The minimum absolute atomic E-state index is 0.0605. The molecule has 10 heteroatoms. The van der Waals surface area contributed by atoms with Gasteiger partial charge < -0.3 is 14.6 Å². The van der Waals surface area contributed by atoms with Crippen molar-refractivity contribution in [3.63, 3.8) is 0 Å². The molecule has 1 aliphatic rings. The lowest BCUT2D eigenvalue weighted by molar-refractivity contribution is -0.143. The summed E-state index contributed by atoms with van der Waals surface area (Å²) >= 11 is 0. The molecule has 1 atom stereocenters. The van der Waals surface area contributed by atoms with E-state index < -0.39 is 23.9 Å². The number of carbonyl (C=O) groups excluding carboxylic acids is 1. The number of alkyl halides is 3. The summed E-state index contributed by atoms with van der Waals surface area (Å²) in [5.41, 5.74) is -1.18. The van der Waals surface area contributed by atoms with E-state index in [0.29, 0.717) is 36.4 Å². The quantitative estimate of drug-likeness (QED) is 0.892. The summed E-state index contributed by atoms with van der Waals surface area (Å²) in [6.07, 6.45) is -0.858. The predicted molar refractivity (Wildman–Crippen MR) is 85.0 cm³/mol. The average Bonchev–Trinajstić information content (AvgIpc) is 3.19. The van der Waals surface area contributed by atoms with E-state index >= 15 is 0 Å². The number of aliphatic hydroxyl groups is 1. The van der Waals surface area contributed by atoms with Gasteiger partial charge in [-0.1, -0.05) is 0 Å². The molecule has 1 N–H and O–H groups in total. The normalized spacial score (nSPS) is 17.5. The highest BCUT2D eigenvalue weighted by Gasteiger charge is 2.37. The first-order valence-corrected chi connectivity index (χ1v) is 8.24. The molecule has 0 aliphatic carbocycles. The van der Waals surface area contributed by atoms with Crippen LogP contribution in [0.15, 0.2) is 18.5 Å². The van der Waals surface area contributed by atoms with Crippen LogP contribution >= 0.6 is 0 Å². The number of aliphatic hydroxyl groups excluding tert-OH is 1. The molecule has 0 aromatic carbocycles. The molecular weight excluding hydrogens is 351 g/mol. The first-order chi connectivity index (χ1) is 12.2. The molecule has 0 saturated carbocycles. The van der Waals surface area contributed by atoms with Gasteiger partial charge in [-0.25, -0.2) is 4.98 Å². The lowest BCUT2D eigenvalue weighted by Crippen LogP contribution is -2.40. The molecule has 1 aliphatic heterocycles. The van der Waals surface area contributed by atoms with Crippen molar-refractivity contribution in [3.8, 4) is 0 Å². The second-order valence-electron chi connectivity index (χ2n) is 6.51. The highest BCUT2D eigenvalue weighted by atomic mass is 19.4. The smallest absolute Gasteiger partial charge is 0.385 e. The number of nitrogens with zero attached hydrogens (tertiary/aromatic N) is 5. The standard InChI is InChI=1S/C16H20F3N5O2/c1-22-8-5-20-14(22)13(25)10-3-6-24(7-4-10)15(26)11-9-12(16(17,18)19)23(2)21-11/h5,8-10,13,25H,3-4,6-7H2,1-2H3/t13-/m0/s1. The average molecular weight is 371 g/mol. The molecule has 7 nitrogen and oxygen atoms in total. The molecule has 2 aromatic heterocycles. The fourth-order valence-electron chi connectivity index (χ4n) is 3.29. The molecule has 3 rings (SSSR count). The van der Waals surface area contributed by atoms with Crippen LogP contribution in [0.1, 0.15) is 41.0 Å². The zero-order valence-corrected chi connectivity index (χ0v) is 14.4. The van der Waals surface area contributed by atoms with E-state index in [9.17, 15) is 23.1 Å². The lowest BCUT2D eigenvalue weighted by atomic mass is 9.90. The van der Waals surface area contributed by atoms with Crippen molar-refractivity contribution in [2.24, 2.45) is 20.0 Å². The summed E-state index contributed by atoms with van der Waals surface area (Å²) in [5.74, 6) is -0.0232. The number of hydrogen-bond acceptors (Lipinski definition) is 4. The Bertz CT molecular complexity index is 790. The van der Waals surface area contributed by atoms with Gasteiger partial charge >= 0.3 is 6.18 Å². The maximum Gasteiger partial charge on any atom is 0.433 e. The number of halogens is 3. The largest absolute Gasteiger partial charge is 0.433 e. The van der Waals surface area contributed by atoms with Crippen LogP contribution < -0.4 is 0 Å². The second kappa shape index (κ2) is 6.75. The minimum atomic E-state index is -4.56. The van der Waals surface area contributed by atoms with Crippen LogP contribution in [0.4, 0.5) is 13.2 Å². The number of carbonyl (C=O) groups is 1. The van der Waals surface area contributed by atoms with Crippen LogP contribution in [0.3, 0.4) is 0 Å². The zero-order chi connectivity index (χ0) is 19.1. The highest BCUT2D eigenvalue weighted by Crippen LogP contribution is 2.32. The van der Waals surface area contributed by atoms with Crippen molar-refractivity contribution in [1.29, 1.82) is 0 Å². The van der Waals surface area contributed by atoms with Gasteiger partial charge in [0.15, 0.2) is 5.69 Å². The maximum atomic E-state index is 12.9. The molecule has 1 fully saturated rings. The van der Waals surface area contributed by atoms with E-state index in [0.717, 1.165) is 13.1 Å². The Morgan fingerprint density at radius 1 is 1.31 bits per heavy atom. The molecule has 0 radical (unpaired) electrons. The molecule has 0 bridgehead atoms. The molecule has 26 heavy (non-hydrogen) atoms. The second-order valence-corrected chi connectivity index (χ2v) is 6.51. The van der Waals surface area contributed by atoms with E-state index in [2.05, 4.69) is 10.1 Å². The zero-order valence-electron chi connectivity index (χ0n) is 14.4. The van der Waals surface area contributed by atoms with E-state index in [-0.39, 0.29) is 11.6 Å². The summed E-state index contributed by atoms with van der Waals surface area (Å²) in [4.78, 5) is 18.1. The van der Waals surface area contributed by atoms with Crippen molar-refractivity contribution in [2.45, 2.75) is 25.1 Å². The number of rotatable bonds is 3. The molecule has 3 heterocycles. The van der Waals surface area contributed by atoms with Gasteiger partial charge in [-0.3, -0.25) is 9.48 Å². The van der Waals surface area contributed by atoms with Crippen molar-refractivity contribution >= 4 is 5.91 Å². The van der Waals surface area contributed by atoms with Crippen LogP contribution in [-0.4, -0.2) is 48.3 Å². The van der Waals surface area contributed by atoms with E-state index in [4.69, 9.17) is 0 Å².